The van der Waals surface area contributed by atoms with E-state index in [1.807, 2.05) is 25.1 Å². The largest absolute Gasteiger partial charge is 0.493 e. The summed E-state index contributed by atoms with van der Waals surface area (Å²) in [7, 11) is 0. The molecule has 0 spiro atoms. The maximum atomic E-state index is 5.90. The Morgan fingerprint density at radius 3 is 2.88 bits per heavy atom. The molecule has 124 valence electrons. The summed E-state index contributed by atoms with van der Waals surface area (Å²) >= 11 is 5.25. The first kappa shape index (κ1) is 16.4. The molecule has 0 amide bonds. The number of H-pyrrole nitrogens is 1. The van der Waals surface area contributed by atoms with Crippen LogP contribution in [0.15, 0.2) is 41.5 Å². The lowest BCUT2D eigenvalue weighted by molar-refractivity contribution is 0.317. The molecular weight excluding hydrogens is 320 g/mol. The van der Waals surface area contributed by atoms with Gasteiger partial charge in [-0.05, 0) is 35.5 Å². The van der Waals surface area contributed by atoms with Gasteiger partial charge in [0, 0.05) is 12.0 Å². The first-order valence-corrected chi connectivity index (χ1v) is 8.50. The van der Waals surface area contributed by atoms with Crippen LogP contribution < -0.4 is 4.74 Å². The molecular formula is C18H20N4OS. The Kier molecular flexibility index (Phi) is 5.05. The second kappa shape index (κ2) is 7.40. The summed E-state index contributed by atoms with van der Waals surface area (Å²) in [6, 6.07) is 12.3. The predicted molar refractivity (Wildman–Crippen MR) is 99.5 cm³/mol. The van der Waals surface area contributed by atoms with Crippen molar-refractivity contribution in [1.29, 1.82) is 0 Å². The van der Waals surface area contributed by atoms with E-state index in [0.717, 1.165) is 40.8 Å². The van der Waals surface area contributed by atoms with Gasteiger partial charge in [-0.15, -0.1) is 0 Å². The summed E-state index contributed by atoms with van der Waals surface area (Å²) in [4.78, 5) is 0. The monoisotopic (exact) mass is 340 g/mol. The summed E-state index contributed by atoms with van der Waals surface area (Å²) < 4.78 is 8.04. The lowest BCUT2D eigenvalue weighted by Gasteiger charge is -2.11. The Morgan fingerprint density at radius 1 is 1.25 bits per heavy atom. The summed E-state index contributed by atoms with van der Waals surface area (Å²) in [6.45, 7) is 4.78. The van der Waals surface area contributed by atoms with Crippen molar-refractivity contribution in [3.8, 4) is 5.75 Å². The Balaban J connectivity index is 2.10. The van der Waals surface area contributed by atoms with E-state index < -0.39 is 0 Å². The molecule has 0 fully saturated rings. The van der Waals surface area contributed by atoms with Crippen LogP contribution in [0.4, 0.5) is 0 Å². The van der Waals surface area contributed by atoms with Gasteiger partial charge in [-0.1, -0.05) is 44.2 Å². The minimum Gasteiger partial charge on any atom is -0.493 e. The van der Waals surface area contributed by atoms with Crippen molar-refractivity contribution in [2.24, 2.45) is 5.10 Å². The van der Waals surface area contributed by atoms with E-state index in [9.17, 15) is 0 Å². The molecule has 0 aliphatic heterocycles. The Labute approximate surface area is 146 Å². The van der Waals surface area contributed by atoms with Gasteiger partial charge >= 0.3 is 0 Å². The molecule has 0 aliphatic carbocycles. The van der Waals surface area contributed by atoms with E-state index in [1.54, 1.807) is 10.9 Å². The van der Waals surface area contributed by atoms with Crippen molar-refractivity contribution >= 4 is 29.2 Å². The highest BCUT2D eigenvalue weighted by Gasteiger charge is 2.08. The maximum Gasteiger partial charge on any atom is 0.216 e. The van der Waals surface area contributed by atoms with Gasteiger partial charge in [0.15, 0.2) is 5.82 Å². The normalized spacial score (nSPS) is 11.4. The van der Waals surface area contributed by atoms with Gasteiger partial charge in [-0.3, -0.25) is 5.10 Å². The molecule has 0 bridgehead atoms. The van der Waals surface area contributed by atoms with Crippen LogP contribution in [-0.4, -0.2) is 27.7 Å². The fraction of sp³-hybridized carbons (Fsp3) is 0.278. The molecule has 2 aromatic carbocycles. The molecule has 3 rings (SSSR count). The molecule has 0 saturated carbocycles. The molecule has 1 heterocycles. The number of benzene rings is 2. The third kappa shape index (κ3) is 3.23. The molecule has 3 aromatic rings. The van der Waals surface area contributed by atoms with Gasteiger partial charge in [0.1, 0.15) is 5.75 Å². The average Bonchev–Trinajstić information content (AvgIpc) is 2.98. The van der Waals surface area contributed by atoms with Crippen LogP contribution in [0.3, 0.4) is 0 Å². The van der Waals surface area contributed by atoms with E-state index in [4.69, 9.17) is 17.0 Å². The van der Waals surface area contributed by atoms with Crippen molar-refractivity contribution < 1.29 is 4.74 Å². The lowest BCUT2D eigenvalue weighted by atomic mass is 10.0. The van der Waals surface area contributed by atoms with Crippen LogP contribution in [-0.2, 0) is 6.42 Å². The summed E-state index contributed by atoms with van der Waals surface area (Å²) in [5.41, 5.74) is 0.951. The molecule has 0 aliphatic rings. The number of aryl methyl sites for hydroxylation is 1. The molecule has 0 saturated heterocycles. The van der Waals surface area contributed by atoms with Crippen molar-refractivity contribution in [2.45, 2.75) is 26.7 Å². The molecule has 6 heteroatoms. The van der Waals surface area contributed by atoms with Crippen LogP contribution in [0, 0.1) is 4.77 Å². The number of hydrogen-bond acceptors (Lipinski definition) is 4. The first-order valence-electron chi connectivity index (χ1n) is 8.09. The number of aromatic amines is 1. The highest BCUT2D eigenvalue weighted by atomic mass is 32.1. The number of fused-ring (bicyclic) bond motifs is 1. The number of rotatable bonds is 6. The molecule has 0 atom stereocenters. The zero-order valence-electron chi connectivity index (χ0n) is 13.8. The summed E-state index contributed by atoms with van der Waals surface area (Å²) in [6.07, 6.45) is 3.51. The number of ether oxygens (including phenoxy) is 1. The average molecular weight is 340 g/mol. The van der Waals surface area contributed by atoms with Crippen molar-refractivity contribution in [3.63, 3.8) is 0 Å². The second-order valence-electron chi connectivity index (χ2n) is 5.40. The van der Waals surface area contributed by atoms with E-state index in [-0.39, 0.29) is 0 Å². The van der Waals surface area contributed by atoms with Crippen LogP contribution in [0.2, 0.25) is 0 Å². The molecule has 24 heavy (non-hydrogen) atoms. The van der Waals surface area contributed by atoms with E-state index >= 15 is 0 Å². The van der Waals surface area contributed by atoms with Crippen LogP contribution in [0.5, 0.6) is 5.75 Å². The van der Waals surface area contributed by atoms with Crippen molar-refractivity contribution in [2.75, 3.05) is 6.61 Å². The molecule has 1 aromatic heterocycles. The third-order valence-electron chi connectivity index (χ3n) is 3.73. The minimum absolute atomic E-state index is 0.486. The maximum absolute atomic E-state index is 5.90. The molecule has 0 unspecified atom stereocenters. The minimum atomic E-state index is 0.486. The Hall–Kier alpha value is -2.47. The molecule has 5 nitrogen and oxygen atoms in total. The zero-order valence-corrected chi connectivity index (χ0v) is 14.6. The highest BCUT2D eigenvalue weighted by Crippen LogP contribution is 2.27. The fourth-order valence-electron chi connectivity index (χ4n) is 2.53. The van der Waals surface area contributed by atoms with E-state index in [2.05, 4.69) is 40.4 Å². The zero-order chi connectivity index (χ0) is 16.9. The highest BCUT2D eigenvalue weighted by molar-refractivity contribution is 7.71. The first-order chi connectivity index (χ1) is 11.7. The van der Waals surface area contributed by atoms with E-state index in [1.165, 1.54) is 0 Å². The fourth-order valence-corrected chi connectivity index (χ4v) is 2.73. The molecule has 0 radical (unpaired) electrons. The second-order valence-corrected chi connectivity index (χ2v) is 5.79. The van der Waals surface area contributed by atoms with Crippen LogP contribution in [0.1, 0.15) is 31.7 Å². The van der Waals surface area contributed by atoms with Gasteiger partial charge in [0.05, 0.1) is 12.8 Å². The van der Waals surface area contributed by atoms with Crippen LogP contribution in [0.25, 0.3) is 10.8 Å². The number of aromatic nitrogens is 3. The van der Waals surface area contributed by atoms with Crippen LogP contribution >= 0.6 is 12.2 Å². The third-order valence-corrected chi connectivity index (χ3v) is 3.99. The predicted octanol–water partition coefficient (Wildman–Crippen LogP) is 4.33. The van der Waals surface area contributed by atoms with E-state index in [0.29, 0.717) is 11.4 Å². The number of nitrogens with zero attached hydrogens (tertiary/aromatic N) is 3. The standard InChI is InChI=1S/C18H20N4OS/c1-3-11-23-16-10-9-13-7-5-6-8-14(13)15(16)12-19-22-17(4-2)20-21-18(22)24/h5-10,12H,3-4,11H2,1-2H3,(H,21,24). The van der Waals surface area contributed by atoms with Crippen molar-refractivity contribution in [1.82, 2.24) is 14.9 Å². The lowest BCUT2D eigenvalue weighted by Crippen LogP contribution is -2.01. The van der Waals surface area contributed by atoms with Gasteiger partial charge < -0.3 is 4.74 Å². The summed E-state index contributed by atoms with van der Waals surface area (Å²) in [5, 5.41) is 13.7. The Morgan fingerprint density at radius 2 is 2.08 bits per heavy atom. The van der Waals surface area contributed by atoms with Gasteiger partial charge in [0.2, 0.25) is 4.77 Å². The number of hydrogen-bond donors (Lipinski definition) is 1. The SMILES string of the molecule is CCCOc1ccc2ccccc2c1C=Nn1c(CC)n[nH]c1=S. The Bertz CT molecular complexity index is 926. The van der Waals surface area contributed by atoms with Gasteiger partial charge in [-0.25, -0.2) is 0 Å². The number of nitrogens with one attached hydrogen (secondary N) is 1. The van der Waals surface area contributed by atoms with Gasteiger partial charge in [0.25, 0.3) is 0 Å². The van der Waals surface area contributed by atoms with Gasteiger partial charge in [-0.2, -0.15) is 14.9 Å². The van der Waals surface area contributed by atoms with Crippen molar-refractivity contribution in [3.05, 3.63) is 52.6 Å². The summed E-state index contributed by atoms with van der Waals surface area (Å²) in [5.74, 6) is 1.62. The quantitative estimate of drug-likeness (QED) is 0.537. The smallest absolute Gasteiger partial charge is 0.216 e. The molecule has 1 N–H and O–H groups in total. The topological polar surface area (TPSA) is 55.2 Å².